The fraction of sp³-hybridized carbons (Fsp3) is 0.333. The van der Waals surface area contributed by atoms with Crippen molar-refractivity contribution in [1.29, 1.82) is 0 Å². The Morgan fingerprint density at radius 1 is 0.964 bits per heavy atom. The Morgan fingerprint density at radius 2 is 1.64 bits per heavy atom. The number of thiocarbonyl (C=S) groups is 1. The molecular formula is C21H27N3O3S. The van der Waals surface area contributed by atoms with E-state index in [1.54, 1.807) is 26.4 Å². The summed E-state index contributed by atoms with van der Waals surface area (Å²) in [5.41, 5.74) is 8.28. The van der Waals surface area contributed by atoms with Gasteiger partial charge in [-0.25, -0.2) is 0 Å². The Bertz CT molecular complexity index is 794. The number of anilines is 1. The van der Waals surface area contributed by atoms with E-state index >= 15 is 0 Å². The maximum Gasteiger partial charge on any atom is 0.242 e. The normalized spacial score (nSPS) is 10.1. The molecule has 0 aliphatic carbocycles. The molecule has 0 aliphatic heterocycles. The molecule has 0 radical (unpaired) electrons. The van der Waals surface area contributed by atoms with Gasteiger partial charge in [-0.15, -0.1) is 0 Å². The number of benzene rings is 2. The summed E-state index contributed by atoms with van der Waals surface area (Å²) in [7, 11) is 3.13. The summed E-state index contributed by atoms with van der Waals surface area (Å²) in [6, 6.07) is 13.5. The number of aryl methyl sites for hydroxylation is 1. The molecule has 0 saturated heterocycles. The standard InChI is InChI=1S/C21H27N3O3S/c1-4-5-6-15-7-10-17(11-8-15)22-21(28)24-23-20(25)14-16-9-12-18(26-2)19(13-16)27-3/h7-13H,4-6,14H2,1-3H3,(H,23,25)(H2,22,24,28). The van der Waals surface area contributed by atoms with Crippen LogP contribution in [0.15, 0.2) is 42.5 Å². The van der Waals surface area contributed by atoms with Gasteiger partial charge in [0.1, 0.15) is 0 Å². The van der Waals surface area contributed by atoms with E-state index in [-0.39, 0.29) is 12.3 Å². The van der Waals surface area contributed by atoms with Gasteiger partial charge in [0.15, 0.2) is 16.6 Å². The molecule has 6 nitrogen and oxygen atoms in total. The van der Waals surface area contributed by atoms with Crippen LogP contribution in [0, 0.1) is 0 Å². The van der Waals surface area contributed by atoms with Gasteiger partial charge < -0.3 is 14.8 Å². The predicted octanol–water partition coefficient (Wildman–Crippen LogP) is 3.61. The minimum absolute atomic E-state index is 0.183. The molecule has 3 N–H and O–H groups in total. The molecule has 0 aliphatic rings. The smallest absolute Gasteiger partial charge is 0.242 e. The molecule has 0 bridgehead atoms. The number of hydrazine groups is 1. The first-order valence-electron chi connectivity index (χ1n) is 9.21. The third-order valence-electron chi connectivity index (χ3n) is 4.16. The molecule has 0 saturated carbocycles. The molecule has 1 amide bonds. The monoisotopic (exact) mass is 401 g/mol. The number of carbonyl (C=O) groups excluding carboxylic acids is 1. The zero-order valence-electron chi connectivity index (χ0n) is 16.5. The number of carbonyl (C=O) groups is 1. The zero-order chi connectivity index (χ0) is 20.4. The van der Waals surface area contributed by atoms with Crippen molar-refractivity contribution >= 4 is 28.9 Å². The van der Waals surface area contributed by atoms with Crippen LogP contribution in [0.4, 0.5) is 5.69 Å². The van der Waals surface area contributed by atoms with Gasteiger partial charge in [0.05, 0.1) is 20.6 Å². The fourth-order valence-electron chi connectivity index (χ4n) is 2.64. The molecule has 2 aromatic carbocycles. The average Bonchev–Trinajstić information content (AvgIpc) is 2.71. The highest BCUT2D eigenvalue weighted by Crippen LogP contribution is 2.27. The van der Waals surface area contributed by atoms with Gasteiger partial charge in [0, 0.05) is 5.69 Å². The first kappa shape index (κ1) is 21.5. The second-order valence-corrected chi connectivity index (χ2v) is 6.70. The minimum atomic E-state index is -0.216. The largest absolute Gasteiger partial charge is 0.493 e. The molecule has 0 fully saturated rings. The van der Waals surface area contributed by atoms with Crippen molar-refractivity contribution in [1.82, 2.24) is 10.9 Å². The average molecular weight is 402 g/mol. The molecule has 2 rings (SSSR count). The lowest BCUT2D eigenvalue weighted by Crippen LogP contribution is -2.44. The first-order chi connectivity index (χ1) is 13.5. The van der Waals surface area contributed by atoms with E-state index in [2.05, 4.69) is 35.2 Å². The summed E-state index contributed by atoms with van der Waals surface area (Å²) in [6.07, 6.45) is 3.61. The van der Waals surface area contributed by atoms with Crippen LogP contribution < -0.4 is 25.6 Å². The lowest BCUT2D eigenvalue weighted by molar-refractivity contribution is -0.120. The summed E-state index contributed by atoms with van der Waals surface area (Å²) < 4.78 is 10.4. The molecular weight excluding hydrogens is 374 g/mol. The van der Waals surface area contributed by atoms with Crippen molar-refractivity contribution in [3.63, 3.8) is 0 Å². The first-order valence-corrected chi connectivity index (χ1v) is 9.62. The molecule has 7 heteroatoms. The number of amides is 1. The van der Waals surface area contributed by atoms with Crippen LogP contribution in [0.1, 0.15) is 30.9 Å². The van der Waals surface area contributed by atoms with Crippen LogP contribution in [0.3, 0.4) is 0 Å². The number of unbranched alkanes of at least 4 members (excludes halogenated alkanes) is 1. The molecule has 150 valence electrons. The van der Waals surface area contributed by atoms with Gasteiger partial charge in [-0.1, -0.05) is 31.5 Å². The van der Waals surface area contributed by atoms with Crippen molar-refractivity contribution in [2.45, 2.75) is 32.6 Å². The lowest BCUT2D eigenvalue weighted by Gasteiger charge is -2.13. The van der Waals surface area contributed by atoms with Crippen molar-refractivity contribution < 1.29 is 14.3 Å². The van der Waals surface area contributed by atoms with E-state index in [9.17, 15) is 4.79 Å². The van der Waals surface area contributed by atoms with Crippen molar-refractivity contribution in [3.8, 4) is 11.5 Å². The van der Waals surface area contributed by atoms with Crippen LogP contribution in [0.2, 0.25) is 0 Å². The van der Waals surface area contributed by atoms with Crippen LogP contribution in [0.25, 0.3) is 0 Å². The second-order valence-electron chi connectivity index (χ2n) is 6.29. The highest BCUT2D eigenvalue weighted by Gasteiger charge is 2.09. The molecule has 0 heterocycles. The Kier molecular flexibility index (Phi) is 8.55. The van der Waals surface area contributed by atoms with Crippen LogP contribution in [-0.4, -0.2) is 25.2 Å². The van der Waals surface area contributed by atoms with E-state index in [1.807, 2.05) is 18.2 Å². The predicted molar refractivity (Wildman–Crippen MR) is 116 cm³/mol. The van der Waals surface area contributed by atoms with Crippen molar-refractivity contribution in [2.75, 3.05) is 19.5 Å². The van der Waals surface area contributed by atoms with Crippen molar-refractivity contribution in [3.05, 3.63) is 53.6 Å². The Hall–Kier alpha value is -2.80. The van der Waals surface area contributed by atoms with Gasteiger partial charge in [-0.2, -0.15) is 0 Å². The maximum absolute atomic E-state index is 12.1. The number of hydrogen-bond acceptors (Lipinski definition) is 4. The number of ether oxygens (including phenoxy) is 2. The number of rotatable bonds is 8. The molecule has 0 aromatic heterocycles. The maximum atomic E-state index is 12.1. The van der Waals surface area contributed by atoms with Crippen LogP contribution >= 0.6 is 12.2 Å². The van der Waals surface area contributed by atoms with E-state index < -0.39 is 0 Å². The third-order valence-corrected chi connectivity index (χ3v) is 4.36. The highest BCUT2D eigenvalue weighted by atomic mass is 32.1. The SMILES string of the molecule is CCCCc1ccc(NC(=S)NNC(=O)Cc2ccc(OC)c(OC)c2)cc1. The lowest BCUT2D eigenvalue weighted by atomic mass is 10.1. The second kappa shape index (κ2) is 11.1. The zero-order valence-corrected chi connectivity index (χ0v) is 17.3. The quantitative estimate of drug-likeness (QED) is 0.464. The Morgan fingerprint density at radius 3 is 2.29 bits per heavy atom. The van der Waals surface area contributed by atoms with Gasteiger partial charge >= 0.3 is 0 Å². The molecule has 0 unspecified atom stereocenters. The topological polar surface area (TPSA) is 71.6 Å². The van der Waals surface area contributed by atoms with Gasteiger partial charge in [0.25, 0.3) is 0 Å². The van der Waals surface area contributed by atoms with Gasteiger partial charge in [-0.05, 0) is 60.5 Å². The molecule has 0 atom stereocenters. The summed E-state index contributed by atoms with van der Waals surface area (Å²) in [5, 5.41) is 3.37. The van der Waals surface area contributed by atoms with E-state index in [0.717, 1.165) is 17.7 Å². The van der Waals surface area contributed by atoms with E-state index in [4.69, 9.17) is 21.7 Å². The van der Waals surface area contributed by atoms with Gasteiger partial charge in [0.2, 0.25) is 5.91 Å². The highest BCUT2D eigenvalue weighted by molar-refractivity contribution is 7.80. The van der Waals surface area contributed by atoms with E-state index in [1.165, 1.54) is 18.4 Å². The summed E-state index contributed by atoms with van der Waals surface area (Å²) in [4.78, 5) is 12.1. The molecule has 0 spiro atoms. The van der Waals surface area contributed by atoms with Crippen LogP contribution in [-0.2, 0) is 17.6 Å². The summed E-state index contributed by atoms with van der Waals surface area (Å²) in [6.45, 7) is 2.18. The van der Waals surface area contributed by atoms with Gasteiger partial charge in [-0.3, -0.25) is 15.6 Å². The van der Waals surface area contributed by atoms with Crippen LogP contribution in [0.5, 0.6) is 11.5 Å². The summed E-state index contributed by atoms with van der Waals surface area (Å²) >= 11 is 5.22. The molecule has 28 heavy (non-hydrogen) atoms. The molecule has 2 aromatic rings. The summed E-state index contributed by atoms with van der Waals surface area (Å²) in [5.74, 6) is 0.988. The number of nitrogens with one attached hydrogen (secondary N) is 3. The number of methoxy groups -OCH3 is 2. The van der Waals surface area contributed by atoms with E-state index in [0.29, 0.717) is 16.6 Å². The Labute approximate surface area is 171 Å². The number of hydrogen-bond donors (Lipinski definition) is 3. The third kappa shape index (κ3) is 6.74. The van der Waals surface area contributed by atoms with Crippen molar-refractivity contribution in [2.24, 2.45) is 0 Å². The Balaban J connectivity index is 1.80. The minimum Gasteiger partial charge on any atom is -0.493 e. The fourth-order valence-corrected chi connectivity index (χ4v) is 2.81.